The molecule has 1 saturated carbocycles. The predicted molar refractivity (Wildman–Crippen MR) is 104 cm³/mol. The molecule has 0 saturated heterocycles. The molecule has 1 aliphatic carbocycles. The van der Waals surface area contributed by atoms with E-state index in [2.05, 4.69) is 10.3 Å². The summed E-state index contributed by atoms with van der Waals surface area (Å²) in [4.78, 5) is 17.5. The third-order valence-corrected chi connectivity index (χ3v) is 6.13. The zero-order valence-electron chi connectivity index (χ0n) is 15.5. The van der Waals surface area contributed by atoms with Crippen LogP contribution in [0, 0.1) is 0 Å². The molecular formula is C20H20F3N3O2S. The minimum absolute atomic E-state index is 0.179. The van der Waals surface area contributed by atoms with Gasteiger partial charge in [0, 0.05) is 23.7 Å². The van der Waals surface area contributed by atoms with Gasteiger partial charge in [-0.1, -0.05) is 31.4 Å². The van der Waals surface area contributed by atoms with Crippen molar-refractivity contribution in [2.45, 2.75) is 43.9 Å². The average molecular weight is 423 g/mol. The van der Waals surface area contributed by atoms with Gasteiger partial charge in [0.1, 0.15) is 5.69 Å². The lowest BCUT2D eigenvalue weighted by Crippen LogP contribution is -2.44. The van der Waals surface area contributed by atoms with Crippen LogP contribution in [0.15, 0.2) is 35.8 Å². The molecule has 1 aromatic carbocycles. The highest BCUT2D eigenvalue weighted by molar-refractivity contribution is 7.15. The molecule has 2 N–H and O–H groups in total. The largest absolute Gasteiger partial charge is 0.416 e. The first-order valence-corrected chi connectivity index (χ1v) is 10.3. The summed E-state index contributed by atoms with van der Waals surface area (Å²) in [6, 6.07) is 4.95. The lowest BCUT2D eigenvalue weighted by atomic mass is 9.85. The average Bonchev–Trinajstić information content (AvgIpc) is 3.27. The van der Waals surface area contributed by atoms with E-state index in [9.17, 15) is 23.1 Å². The van der Waals surface area contributed by atoms with Crippen LogP contribution >= 0.6 is 11.3 Å². The number of nitrogens with zero attached hydrogens (tertiary/aromatic N) is 2. The van der Waals surface area contributed by atoms with Crippen molar-refractivity contribution >= 4 is 22.2 Å². The number of aliphatic hydroxyl groups is 1. The Morgan fingerprint density at radius 3 is 2.76 bits per heavy atom. The summed E-state index contributed by atoms with van der Waals surface area (Å²) in [5.74, 6) is -0.344. The highest BCUT2D eigenvalue weighted by Crippen LogP contribution is 2.32. The van der Waals surface area contributed by atoms with Crippen LogP contribution in [-0.4, -0.2) is 32.5 Å². The van der Waals surface area contributed by atoms with Crippen LogP contribution in [0.1, 0.15) is 48.2 Å². The number of fused-ring (bicyclic) bond motifs is 1. The second-order valence-electron chi connectivity index (χ2n) is 7.45. The normalized spacial score (nSPS) is 16.8. The number of thiazole rings is 1. The summed E-state index contributed by atoms with van der Waals surface area (Å²) in [5, 5.41) is 15.0. The van der Waals surface area contributed by atoms with E-state index < -0.39 is 17.3 Å². The molecule has 0 spiro atoms. The molecule has 0 atom stereocenters. The van der Waals surface area contributed by atoms with Gasteiger partial charge in [-0.3, -0.25) is 9.20 Å². The summed E-state index contributed by atoms with van der Waals surface area (Å²) in [5.41, 5.74) is -0.581. The Bertz CT molecular complexity index is 1040. The predicted octanol–water partition coefficient (Wildman–Crippen LogP) is 4.51. The molecule has 2 aromatic heterocycles. The topological polar surface area (TPSA) is 66.6 Å². The Morgan fingerprint density at radius 1 is 1.28 bits per heavy atom. The van der Waals surface area contributed by atoms with Crippen molar-refractivity contribution < 1.29 is 23.1 Å². The summed E-state index contributed by atoms with van der Waals surface area (Å²) in [6.07, 6.45) is 1.43. The van der Waals surface area contributed by atoms with Crippen LogP contribution in [0.2, 0.25) is 0 Å². The number of amides is 1. The first-order valence-electron chi connectivity index (χ1n) is 9.40. The second kappa shape index (κ2) is 7.46. The fraction of sp³-hybridized carbons (Fsp3) is 0.400. The zero-order valence-corrected chi connectivity index (χ0v) is 16.3. The van der Waals surface area contributed by atoms with Crippen LogP contribution < -0.4 is 5.32 Å². The first kappa shape index (κ1) is 19.9. The van der Waals surface area contributed by atoms with Crippen molar-refractivity contribution in [3.8, 4) is 11.3 Å². The van der Waals surface area contributed by atoms with E-state index in [1.165, 1.54) is 17.4 Å². The van der Waals surface area contributed by atoms with Gasteiger partial charge in [0.15, 0.2) is 4.96 Å². The number of alkyl halides is 3. The van der Waals surface area contributed by atoms with Crippen LogP contribution in [0.25, 0.3) is 16.2 Å². The van der Waals surface area contributed by atoms with Gasteiger partial charge in [0.2, 0.25) is 0 Å². The number of benzene rings is 1. The molecule has 3 aromatic rings. The lowest BCUT2D eigenvalue weighted by Gasteiger charge is -2.32. The maximum Gasteiger partial charge on any atom is 0.416 e. The van der Waals surface area contributed by atoms with E-state index in [0.29, 0.717) is 34.8 Å². The van der Waals surface area contributed by atoms with Gasteiger partial charge in [0.05, 0.1) is 16.9 Å². The Labute approximate surface area is 169 Å². The van der Waals surface area contributed by atoms with Crippen LogP contribution in [-0.2, 0) is 6.18 Å². The highest BCUT2D eigenvalue weighted by atomic mass is 32.1. The summed E-state index contributed by atoms with van der Waals surface area (Å²) < 4.78 is 40.5. The van der Waals surface area contributed by atoms with E-state index in [1.807, 2.05) is 0 Å². The monoisotopic (exact) mass is 423 g/mol. The lowest BCUT2D eigenvalue weighted by molar-refractivity contribution is -0.137. The maximum atomic E-state index is 13.0. The van der Waals surface area contributed by atoms with Crippen molar-refractivity contribution in [2.24, 2.45) is 0 Å². The molecule has 0 bridgehead atoms. The van der Waals surface area contributed by atoms with Gasteiger partial charge < -0.3 is 10.4 Å². The fourth-order valence-corrected chi connectivity index (χ4v) is 4.52. The molecule has 1 aliphatic rings. The molecule has 29 heavy (non-hydrogen) atoms. The molecule has 9 heteroatoms. The van der Waals surface area contributed by atoms with Crippen molar-refractivity contribution in [3.05, 3.63) is 47.1 Å². The maximum absolute atomic E-state index is 13.0. The third kappa shape index (κ3) is 4.16. The molecule has 2 heterocycles. The van der Waals surface area contributed by atoms with Gasteiger partial charge in [-0.25, -0.2) is 4.98 Å². The minimum Gasteiger partial charge on any atom is -0.388 e. The molecule has 0 unspecified atom stereocenters. The molecule has 5 nitrogen and oxygen atoms in total. The van der Waals surface area contributed by atoms with E-state index >= 15 is 0 Å². The first-order chi connectivity index (χ1) is 13.8. The molecule has 154 valence electrons. The number of hydrogen-bond donors (Lipinski definition) is 2. The Morgan fingerprint density at radius 2 is 2.03 bits per heavy atom. The van der Waals surface area contributed by atoms with Gasteiger partial charge in [-0.15, -0.1) is 11.3 Å². The van der Waals surface area contributed by atoms with Crippen molar-refractivity contribution in [2.75, 3.05) is 6.54 Å². The molecule has 1 fully saturated rings. The van der Waals surface area contributed by atoms with Crippen LogP contribution in [0.4, 0.5) is 13.2 Å². The number of nitrogens with one attached hydrogen (secondary N) is 1. The second-order valence-corrected chi connectivity index (χ2v) is 8.28. The van der Waals surface area contributed by atoms with Crippen molar-refractivity contribution in [1.29, 1.82) is 0 Å². The van der Waals surface area contributed by atoms with E-state index in [-0.39, 0.29) is 12.5 Å². The van der Waals surface area contributed by atoms with E-state index in [4.69, 9.17) is 0 Å². The fourth-order valence-electron chi connectivity index (χ4n) is 3.66. The smallest absolute Gasteiger partial charge is 0.388 e. The summed E-state index contributed by atoms with van der Waals surface area (Å²) in [6.45, 7) is 0.179. The molecule has 0 aliphatic heterocycles. The van der Waals surface area contributed by atoms with Gasteiger partial charge >= 0.3 is 6.18 Å². The van der Waals surface area contributed by atoms with Gasteiger partial charge in [-0.2, -0.15) is 13.2 Å². The zero-order chi connectivity index (χ0) is 20.6. The summed E-state index contributed by atoms with van der Waals surface area (Å²) in [7, 11) is 0. The SMILES string of the molecule is O=C(NCC1(O)CCCCC1)c1csc2nc(-c3cccc(C(F)(F)F)c3)cn12. The van der Waals surface area contributed by atoms with Gasteiger partial charge in [0.25, 0.3) is 5.91 Å². The van der Waals surface area contributed by atoms with Crippen molar-refractivity contribution in [3.63, 3.8) is 0 Å². The number of aromatic nitrogens is 2. The number of imidazole rings is 1. The highest BCUT2D eigenvalue weighted by Gasteiger charge is 2.31. The Hall–Kier alpha value is -2.39. The third-order valence-electron chi connectivity index (χ3n) is 5.29. The quantitative estimate of drug-likeness (QED) is 0.649. The number of carbonyl (C=O) groups is 1. The van der Waals surface area contributed by atoms with Gasteiger partial charge in [-0.05, 0) is 25.0 Å². The Kier molecular flexibility index (Phi) is 5.12. The molecular weight excluding hydrogens is 403 g/mol. The van der Waals surface area contributed by atoms with E-state index in [1.54, 1.807) is 22.0 Å². The summed E-state index contributed by atoms with van der Waals surface area (Å²) >= 11 is 1.23. The van der Waals surface area contributed by atoms with E-state index in [0.717, 1.165) is 31.4 Å². The van der Waals surface area contributed by atoms with Crippen molar-refractivity contribution in [1.82, 2.24) is 14.7 Å². The Balaban J connectivity index is 1.55. The van der Waals surface area contributed by atoms with Crippen LogP contribution in [0.5, 0.6) is 0 Å². The number of halogens is 3. The molecule has 0 radical (unpaired) electrons. The number of hydrogen-bond acceptors (Lipinski definition) is 4. The standard InChI is InChI=1S/C20H20F3N3O2S/c21-20(22,23)14-6-4-5-13(9-14)15-10-26-16(11-29-18(26)25-15)17(27)24-12-19(28)7-2-1-3-8-19/h4-6,9-11,28H,1-3,7-8,12H2,(H,24,27). The minimum atomic E-state index is -4.43. The molecule has 1 amide bonds. The van der Waals surface area contributed by atoms with Crippen LogP contribution in [0.3, 0.4) is 0 Å². The molecule has 4 rings (SSSR count). The number of carbonyl (C=O) groups excluding carboxylic acids is 1. The number of rotatable bonds is 4.